The Morgan fingerprint density at radius 3 is 2.50 bits per heavy atom. The van der Waals surface area contributed by atoms with Gasteiger partial charge in [0.1, 0.15) is 5.15 Å². The molecule has 1 atom stereocenters. The zero-order valence-corrected chi connectivity index (χ0v) is 18.1. The van der Waals surface area contributed by atoms with Crippen molar-refractivity contribution >= 4 is 29.1 Å². The second kappa shape index (κ2) is 8.54. The molecule has 0 saturated carbocycles. The summed E-state index contributed by atoms with van der Waals surface area (Å²) in [5, 5.41) is 0.958. The molecule has 2 heterocycles. The Hall–Kier alpha value is -2.76. The van der Waals surface area contributed by atoms with Crippen molar-refractivity contribution in [1.29, 1.82) is 0 Å². The van der Waals surface area contributed by atoms with E-state index in [2.05, 4.69) is 4.98 Å². The van der Waals surface area contributed by atoms with E-state index in [1.807, 2.05) is 41.3 Å². The first kappa shape index (κ1) is 20.5. The number of ether oxygens (including phenoxy) is 2. The number of pyridine rings is 1. The van der Waals surface area contributed by atoms with Crippen LogP contribution in [0.5, 0.6) is 11.5 Å². The van der Waals surface area contributed by atoms with Gasteiger partial charge >= 0.3 is 0 Å². The van der Waals surface area contributed by atoms with Crippen molar-refractivity contribution in [3.63, 3.8) is 0 Å². The van der Waals surface area contributed by atoms with Crippen LogP contribution in [-0.4, -0.2) is 36.6 Å². The lowest BCUT2D eigenvalue weighted by Crippen LogP contribution is -2.40. The average molecular weight is 443 g/mol. The summed E-state index contributed by atoms with van der Waals surface area (Å²) in [6.07, 6.45) is 2.20. The molecule has 0 fully saturated rings. The number of methoxy groups -OCH3 is 2. The highest BCUT2D eigenvalue weighted by atomic mass is 35.5. The first-order chi connectivity index (χ1) is 14.5. The second-order valence-electron chi connectivity index (χ2n) is 6.98. The Balaban J connectivity index is 1.85. The molecule has 0 aliphatic carbocycles. The number of hydrogen-bond acceptors (Lipinski definition) is 4. The highest BCUT2D eigenvalue weighted by molar-refractivity contribution is 6.30. The van der Waals surface area contributed by atoms with Crippen LogP contribution < -0.4 is 9.47 Å². The molecule has 0 saturated heterocycles. The van der Waals surface area contributed by atoms with E-state index in [0.29, 0.717) is 40.2 Å². The molecule has 1 unspecified atom stereocenters. The van der Waals surface area contributed by atoms with Crippen molar-refractivity contribution in [2.24, 2.45) is 0 Å². The summed E-state index contributed by atoms with van der Waals surface area (Å²) >= 11 is 12.2. The van der Waals surface area contributed by atoms with E-state index in [0.717, 1.165) is 16.7 Å². The minimum Gasteiger partial charge on any atom is -0.493 e. The molecule has 0 N–H and O–H groups in total. The number of rotatable bonds is 4. The number of aromatic nitrogens is 1. The molecule has 7 heteroatoms. The molecule has 0 spiro atoms. The van der Waals surface area contributed by atoms with E-state index < -0.39 is 0 Å². The highest BCUT2D eigenvalue weighted by Crippen LogP contribution is 2.41. The molecule has 1 aliphatic heterocycles. The Bertz CT molecular complexity index is 1090. The van der Waals surface area contributed by atoms with Gasteiger partial charge < -0.3 is 14.4 Å². The molecule has 30 heavy (non-hydrogen) atoms. The molecule has 2 aromatic carbocycles. The fraction of sp³-hybridized carbons (Fsp3) is 0.217. The SMILES string of the molecule is COc1cc2c(cc1OC)C(c1cccc(Cl)c1)N(C(=O)c1ccc(Cl)nc1)CC2. The van der Waals surface area contributed by atoms with Crippen LogP contribution in [0, 0.1) is 0 Å². The summed E-state index contributed by atoms with van der Waals surface area (Å²) in [4.78, 5) is 19.3. The standard InChI is InChI=1S/C23H20Cl2N2O3/c1-29-19-11-14-8-9-27(23(28)16-6-7-21(25)26-13-16)22(18(14)12-20(19)30-2)15-4-3-5-17(24)10-15/h3-7,10-13,22H,8-9H2,1-2H3. The van der Waals surface area contributed by atoms with E-state index in [4.69, 9.17) is 32.7 Å². The lowest BCUT2D eigenvalue weighted by Gasteiger charge is -2.38. The van der Waals surface area contributed by atoms with Crippen molar-refractivity contribution in [3.8, 4) is 11.5 Å². The van der Waals surface area contributed by atoms with Gasteiger partial charge in [-0.2, -0.15) is 0 Å². The van der Waals surface area contributed by atoms with Crippen LogP contribution in [0.4, 0.5) is 0 Å². The minimum atomic E-state index is -0.324. The van der Waals surface area contributed by atoms with Crippen molar-refractivity contribution in [1.82, 2.24) is 9.88 Å². The lowest BCUT2D eigenvalue weighted by atomic mass is 9.87. The first-order valence-corrected chi connectivity index (χ1v) is 10.2. The molecular weight excluding hydrogens is 423 g/mol. The second-order valence-corrected chi connectivity index (χ2v) is 7.81. The molecule has 5 nitrogen and oxygen atoms in total. The number of hydrogen-bond donors (Lipinski definition) is 0. The minimum absolute atomic E-state index is 0.121. The van der Waals surface area contributed by atoms with Crippen LogP contribution >= 0.6 is 23.2 Å². The zero-order valence-electron chi connectivity index (χ0n) is 16.6. The van der Waals surface area contributed by atoms with Crippen molar-refractivity contribution < 1.29 is 14.3 Å². The van der Waals surface area contributed by atoms with Crippen LogP contribution in [0.3, 0.4) is 0 Å². The van der Waals surface area contributed by atoms with Gasteiger partial charge in [-0.1, -0.05) is 35.3 Å². The van der Waals surface area contributed by atoms with Gasteiger partial charge in [0.2, 0.25) is 0 Å². The van der Waals surface area contributed by atoms with E-state index in [-0.39, 0.29) is 11.9 Å². The Labute approximate surface area is 185 Å². The fourth-order valence-electron chi connectivity index (χ4n) is 3.87. The normalized spacial score (nSPS) is 15.5. The number of amides is 1. The topological polar surface area (TPSA) is 51.7 Å². The van der Waals surface area contributed by atoms with Gasteiger partial charge in [0.05, 0.1) is 25.8 Å². The van der Waals surface area contributed by atoms with Gasteiger partial charge in [-0.3, -0.25) is 4.79 Å². The van der Waals surface area contributed by atoms with E-state index in [9.17, 15) is 4.79 Å². The van der Waals surface area contributed by atoms with Crippen LogP contribution in [0.1, 0.15) is 33.1 Å². The van der Waals surface area contributed by atoms with Crippen LogP contribution in [0.15, 0.2) is 54.7 Å². The third-order valence-electron chi connectivity index (χ3n) is 5.27. The molecule has 0 bridgehead atoms. The summed E-state index contributed by atoms with van der Waals surface area (Å²) in [6, 6.07) is 14.5. The molecule has 0 radical (unpaired) electrons. The number of carbonyl (C=O) groups is 1. The first-order valence-electron chi connectivity index (χ1n) is 9.44. The molecule has 1 amide bonds. The summed E-state index contributed by atoms with van der Waals surface area (Å²) in [7, 11) is 3.22. The molecule has 3 aromatic rings. The summed E-state index contributed by atoms with van der Waals surface area (Å²) in [6.45, 7) is 0.543. The predicted octanol–water partition coefficient (Wildman–Crippen LogP) is 5.19. The van der Waals surface area contributed by atoms with E-state index in [1.54, 1.807) is 26.4 Å². The fourth-order valence-corrected chi connectivity index (χ4v) is 4.18. The van der Waals surface area contributed by atoms with Crippen LogP contribution in [0.2, 0.25) is 10.2 Å². The molecule has 1 aliphatic rings. The smallest absolute Gasteiger partial charge is 0.256 e. The number of halogens is 2. The van der Waals surface area contributed by atoms with Gasteiger partial charge in [-0.15, -0.1) is 0 Å². The van der Waals surface area contributed by atoms with Crippen molar-refractivity contribution in [2.45, 2.75) is 12.5 Å². The molecular formula is C23H20Cl2N2O3. The maximum absolute atomic E-state index is 13.4. The summed E-state index contributed by atoms with van der Waals surface area (Å²) in [5.74, 6) is 1.16. The largest absolute Gasteiger partial charge is 0.493 e. The summed E-state index contributed by atoms with van der Waals surface area (Å²) < 4.78 is 11.0. The van der Waals surface area contributed by atoms with E-state index >= 15 is 0 Å². The third-order valence-corrected chi connectivity index (χ3v) is 5.73. The number of fused-ring (bicyclic) bond motifs is 1. The van der Waals surface area contributed by atoms with Gasteiger partial charge in [0.25, 0.3) is 5.91 Å². The monoisotopic (exact) mass is 442 g/mol. The molecule has 4 rings (SSSR count). The van der Waals surface area contributed by atoms with Gasteiger partial charge in [0, 0.05) is 17.8 Å². The zero-order chi connectivity index (χ0) is 21.3. The van der Waals surface area contributed by atoms with Gasteiger partial charge in [-0.25, -0.2) is 4.98 Å². The molecule has 154 valence electrons. The van der Waals surface area contributed by atoms with Crippen LogP contribution in [0.25, 0.3) is 0 Å². The Morgan fingerprint density at radius 2 is 1.83 bits per heavy atom. The Morgan fingerprint density at radius 1 is 1.07 bits per heavy atom. The lowest BCUT2D eigenvalue weighted by molar-refractivity contribution is 0.0693. The average Bonchev–Trinajstić information content (AvgIpc) is 2.77. The van der Waals surface area contributed by atoms with Crippen LogP contribution in [-0.2, 0) is 6.42 Å². The predicted molar refractivity (Wildman–Crippen MR) is 117 cm³/mol. The molecule has 1 aromatic heterocycles. The van der Waals surface area contributed by atoms with Gasteiger partial charge in [-0.05, 0) is 59.5 Å². The maximum atomic E-state index is 13.4. The maximum Gasteiger partial charge on any atom is 0.256 e. The van der Waals surface area contributed by atoms with E-state index in [1.165, 1.54) is 6.20 Å². The number of nitrogens with zero attached hydrogens (tertiary/aromatic N) is 2. The number of benzene rings is 2. The number of carbonyl (C=O) groups excluding carboxylic acids is 1. The van der Waals surface area contributed by atoms with Crippen molar-refractivity contribution in [3.05, 3.63) is 87.2 Å². The summed E-state index contributed by atoms with van der Waals surface area (Å²) in [5.41, 5.74) is 3.49. The quantitative estimate of drug-likeness (QED) is 0.521. The third kappa shape index (κ3) is 3.83. The highest BCUT2D eigenvalue weighted by Gasteiger charge is 2.34. The van der Waals surface area contributed by atoms with Crippen molar-refractivity contribution in [2.75, 3.05) is 20.8 Å². The van der Waals surface area contributed by atoms with Gasteiger partial charge in [0.15, 0.2) is 11.5 Å². The Kier molecular flexibility index (Phi) is 5.84.